The number of amides is 5. The predicted molar refractivity (Wildman–Crippen MR) is 211 cm³/mol. The molecule has 54 heavy (non-hydrogen) atoms. The lowest BCUT2D eigenvalue weighted by Crippen LogP contribution is -2.28. The van der Waals surface area contributed by atoms with E-state index in [4.69, 9.17) is 34.3 Å². The van der Waals surface area contributed by atoms with E-state index in [9.17, 15) is 24.0 Å². The van der Waals surface area contributed by atoms with Crippen molar-refractivity contribution in [2.75, 3.05) is 58.8 Å². The molecule has 0 aliphatic carbocycles. The lowest BCUT2D eigenvalue weighted by molar-refractivity contribution is -0.116. The third-order valence-corrected chi connectivity index (χ3v) is 8.60. The number of anilines is 4. The summed E-state index contributed by atoms with van der Waals surface area (Å²) in [5.74, 6) is -0.930. The smallest absolute Gasteiger partial charge is 0.272 e. The minimum Gasteiger partial charge on any atom is -0.388 e. The number of halogens is 2. The minimum absolute atomic E-state index is 0.0351. The van der Waals surface area contributed by atoms with Gasteiger partial charge in [-0.05, 0) is 48.9 Å². The van der Waals surface area contributed by atoms with Crippen molar-refractivity contribution >= 4 is 81.3 Å². The van der Waals surface area contributed by atoms with E-state index in [0.29, 0.717) is 66.1 Å². The van der Waals surface area contributed by atoms with E-state index >= 15 is 0 Å². The van der Waals surface area contributed by atoms with Gasteiger partial charge < -0.3 is 50.9 Å². The van der Waals surface area contributed by atoms with Crippen molar-refractivity contribution < 1.29 is 24.0 Å². The van der Waals surface area contributed by atoms with Crippen LogP contribution in [0.3, 0.4) is 0 Å². The Bertz CT molecular complexity index is 1980. The highest BCUT2D eigenvalue weighted by molar-refractivity contribution is 6.18. The van der Waals surface area contributed by atoms with Crippen LogP contribution in [0, 0.1) is 5.41 Å². The second-order valence-electron chi connectivity index (χ2n) is 12.4. The number of rotatable bonds is 19. The molecule has 4 rings (SSSR count). The van der Waals surface area contributed by atoms with Crippen molar-refractivity contribution in [3.8, 4) is 0 Å². The van der Waals surface area contributed by atoms with Gasteiger partial charge in [0.1, 0.15) is 17.1 Å². The molecular weight excluding hydrogens is 737 g/mol. The summed E-state index contributed by atoms with van der Waals surface area (Å²) in [6.07, 6.45) is 5.57. The molecule has 0 aliphatic heterocycles. The number of aromatic nitrogens is 3. The molecule has 18 heteroatoms. The number of hydrogen-bond donors (Lipinski definition) is 7. The summed E-state index contributed by atoms with van der Waals surface area (Å²) in [6.45, 7) is 1.80. The molecular formula is C36H45Cl2N11O5. The SMILES string of the molecule is Cn1cc(NC(=O)c2cc(NC(=O)c3cc(NC(=O)CCCNC(=O)c4ccc(N(CCCl)CCCl)cc4)cn3C)cn2C)cc1C(=O)NCCC(=N)N. The standard InChI is InChI=1S/C36H45Cl2N11O5/c1-46-21-25(18-28(46)34(52)42-14-10-31(39)40)44-36(54)30-19-26(22-48(30)3)45-35(53)29-17-24(20-47(29)2)43-32(50)5-4-13-41-33(51)23-6-8-27(9-7-23)49(15-11-37)16-12-38/h6-9,17-22H,4-5,10-16H2,1-3H3,(H3,39,40)(H,41,51)(H,42,52)(H,43,50)(H,44,54)(H,45,53). The number of carbonyl (C=O) groups is 5. The Hall–Kier alpha value is -5.74. The lowest BCUT2D eigenvalue weighted by Gasteiger charge is -2.22. The van der Waals surface area contributed by atoms with Crippen molar-refractivity contribution in [1.29, 1.82) is 5.41 Å². The van der Waals surface area contributed by atoms with E-state index < -0.39 is 11.8 Å². The van der Waals surface area contributed by atoms with Crippen LogP contribution in [0.1, 0.15) is 61.1 Å². The monoisotopic (exact) mass is 781 g/mol. The van der Waals surface area contributed by atoms with Gasteiger partial charge in [0.25, 0.3) is 23.6 Å². The van der Waals surface area contributed by atoms with E-state index in [1.165, 1.54) is 12.1 Å². The molecule has 3 heterocycles. The number of nitrogens with one attached hydrogen (secondary N) is 6. The molecule has 16 nitrogen and oxygen atoms in total. The summed E-state index contributed by atoms with van der Waals surface area (Å²) < 4.78 is 4.69. The van der Waals surface area contributed by atoms with Crippen molar-refractivity contribution in [2.45, 2.75) is 19.3 Å². The molecule has 0 atom stereocenters. The number of alkyl halides is 2. The van der Waals surface area contributed by atoms with Gasteiger partial charge in [0.15, 0.2) is 0 Å². The Kier molecular flexibility index (Phi) is 14.7. The Morgan fingerprint density at radius 2 is 1.13 bits per heavy atom. The molecule has 3 aromatic heterocycles. The van der Waals surface area contributed by atoms with Crippen LogP contribution in [0.2, 0.25) is 0 Å². The molecule has 0 saturated carbocycles. The second-order valence-corrected chi connectivity index (χ2v) is 13.2. The third-order valence-electron chi connectivity index (χ3n) is 8.26. The van der Waals surface area contributed by atoms with Crippen LogP contribution in [0.4, 0.5) is 22.7 Å². The highest BCUT2D eigenvalue weighted by atomic mass is 35.5. The summed E-state index contributed by atoms with van der Waals surface area (Å²) in [7, 11) is 4.99. The van der Waals surface area contributed by atoms with Gasteiger partial charge in [0.05, 0.1) is 22.9 Å². The number of hydrogen-bond acceptors (Lipinski definition) is 7. The second kappa shape index (κ2) is 19.4. The van der Waals surface area contributed by atoms with Gasteiger partial charge in [-0.2, -0.15) is 0 Å². The fourth-order valence-electron chi connectivity index (χ4n) is 5.54. The molecule has 0 aliphatic rings. The Morgan fingerprint density at radius 3 is 1.61 bits per heavy atom. The largest absolute Gasteiger partial charge is 0.388 e. The van der Waals surface area contributed by atoms with Crippen LogP contribution in [-0.2, 0) is 25.9 Å². The summed E-state index contributed by atoms with van der Waals surface area (Å²) in [4.78, 5) is 66.0. The van der Waals surface area contributed by atoms with Crippen molar-refractivity contribution in [2.24, 2.45) is 26.9 Å². The third kappa shape index (κ3) is 11.4. The van der Waals surface area contributed by atoms with Gasteiger partial charge in [-0.15, -0.1) is 23.2 Å². The number of benzene rings is 1. The van der Waals surface area contributed by atoms with E-state index in [1.807, 2.05) is 17.0 Å². The number of nitrogens with zero attached hydrogens (tertiary/aromatic N) is 4. The van der Waals surface area contributed by atoms with Gasteiger partial charge in [0, 0.05) is 102 Å². The predicted octanol–water partition coefficient (Wildman–Crippen LogP) is 3.70. The Morgan fingerprint density at radius 1 is 0.667 bits per heavy atom. The van der Waals surface area contributed by atoms with Crippen LogP contribution in [0.15, 0.2) is 61.1 Å². The van der Waals surface area contributed by atoms with E-state index in [2.05, 4.69) is 26.6 Å². The molecule has 0 radical (unpaired) electrons. The maximum Gasteiger partial charge on any atom is 0.272 e. The normalized spacial score (nSPS) is 10.8. The van der Waals surface area contributed by atoms with Crippen molar-refractivity contribution in [1.82, 2.24) is 24.3 Å². The molecule has 5 amide bonds. The zero-order valence-electron chi connectivity index (χ0n) is 30.3. The maximum absolute atomic E-state index is 13.2. The molecule has 0 bridgehead atoms. The van der Waals surface area contributed by atoms with Gasteiger partial charge in [-0.25, -0.2) is 0 Å². The molecule has 1 aromatic carbocycles. The van der Waals surface area contributed by atoms with Gasteiger partial charge in [-0.1, -0.05) is 0 Å². The number of amidine groups is 1. The fraction of sp³-hybridized carbons (Fsp3) is 0.333. The van der Waals surface area contributed by atoms with E-state index in [-0.39, 0.29) is 54.3 Å². The first-order valence-electron chi connectivity index (χ1n) is 17.1. The van der Waals surface area contributed by atoms with E-state index in [0.717, 1.165) is 5.69 Å². The van der Waals surface area contributed by atoms with Crippen molar-refractivity contribution in [3.05, 3.63) is 83.7 Å². The highest BCUT2D eigenvalue weighted by Crippen LogP contribution is 2.20. The van der Waals surface area contributed by atoms with Crippen LogP contribution < -0.4 is 37.2 Å². The molecule has 0 unspecified atom stereocenters. The first kappa shape index (κ1) is 41.0. The highest BCUT2D eigenvalue weighted by Gasteiger charge is 2.19. The number of nitrogens with two attached hydrogens (primary N) is 1. The van der Waals surface area contributed by atoms with E-state index in [1.54, 1.807) is 71.6 Å². The van der Waals surface area contributed by atoms with Gasteiger partial charge in [-0.3, -0.25) is 29.4 Å². The first-order chi connectivity index (χ1) is 25.8. The molecule has 0 spiro atoms. The summed E-state index contributed by atoms with van der Waals surface area (Å²) in [5, 5.41) is 21.1. The van der Waals surface area contributed by atoms with Crippen molar-refractivity contribution in [3.63, 3.8) is 0 Å². The Labute approximate surface area is 322 Å². The summed E-state index contributed by atoms with van der Waals surface area (Å²) in [5.41, 5.74) is 8.78. The van der Waals surface area contributed by atoms with Crippen LogP contribution >= 0.6 is 23.2 Å². The van der Waals surface area contributed by atoms with Crippen LogP contribution in [-0.4, -0.2) is 87.0 Å². The average molecular weight is 783 g/mol. The molecule has 0 saturated heterocycles. The zero-order chi connectivity index (χ0) is 39.4. The minimum atomic E-state index is -0.460. The number of carbonyl (C=O) groups excluding carboxylic acids is 5. The molecule has 4 aromatic rings. The maximum atomic E-state index is 13.2. The molecule has 0 fully saturated rings. The van der Waals surface area contributed by atoms with Gasteiger partial charge >= 0.3 is 0 Å². The Balaban J connectivity index is 1.24. The summed E-state index contributed by atoms with van der Waals surface area (Å²) in [6, 6.07) is 11.7. The topological polar surface area (TPSA) is 213 Å². The van der Waals surface area contributed by atoms with Crippen LogP contribution in [0.25, 0.3) is 0 Å². The number of aryl methyl sites for hydroxylation is 3. The summed E-state index contributed by atoms with van der Waals surface area (Å²) >= 11 is 11.8. The zero-order valence-corrected chi connectivity index (χ0v) is 31.8. The lowest BCUT2D eigenvalue weighted by atomic mass is 10.1. The molecule has 8 N–H and O–H groups in total. The van der Waals surface area contributed by atoms with Crippen LogP contribution in [0.5, 0.6) is 0 Å². The first-order valence-corrected chi connectivity index (χ1v) is 18.1. The van der Waals surface area contributed by atoms with Gasteiger partial charge in [0.2, 0.25) is 5.91 Å². The fourth-order valence-corrected chi connectivity index (χ4v) is 5.95. The molecule has 288 valence electrons. The quantitative estimate of drug-likeness (QED) is 0.0324. The average Bonchev–Trinajstić information content (AvgIpc) is 3.81.